The summed E-state index contributed by atoms with van der Waals surface area (Å²) in [6, 6.07) is 14.3. The first-order chi connectivity index (χ1) is 11.7. The Morgan fingerprint density at radius 2 is 1.88 bits per heavy atom. The van der Waals surface area contributed by atoms with Crippen LogP contribution in [0.4, 0.5) is 0 Å². The van der Waals surface area contributed by atoms with Crippen molar-refractivity contribution in [2.75, 3.05) is 6.54 Å². The number of hydrogen-bond donors (Lipinski definition) is 2. The Kier molecular flexibility index (Phi) is 4.71. The van der Waals surface area contributed by atoms with Gasteiger partial charge in [0.15, 0.2) is 11.5 Å². The molecule has 1 aromatic carbocycles. The molecule has 24 heavy (non-hydrogen) atoms. The standard InChI is InChI=1S/C17H15N3O4/c21-16(18-10-13-7-4-8-23-13)11-19-17(22)14-9-15(24-20-14)12-5-2-1-3-6-12/h1-9H,10-11H2,(H,18,21)(H,19,22). The summed E-state index contributed by atoms with van der Waals surface area (Å²) in [5.74, 6) is 0.322. The van der Waals surface area contributed by atoms with Crippen LogP contribution in [0.25, 0.3) is 11.3 Å². The Labute approximate surface area is 137 Å². The Bertz CT molecular complexity index is 810. The molecule has 122 valence electrons. The molecule has 0 unspecified atom stereocenters. The van der Waals surface area contributed by atoms with Crippen molar-refractivity contribution in [1.29, 1.82) is 0 Å². The van der Waals surface area contributed by atoms with Crippen LogP contribution in [0.3, 0.4) is 0 Å². The fourth-order valence-corrected chi connectivity index (χ4v) is 2.03. The van der Waals surface area contributed by atoms with Gasteiger partial charge in [0.05, 0.1) is 19.4 Å². The number of nitrogens with zero attached hydrogens (tertiary/aromatic N) is 1. The molecule has 3 aromatic rings. The maximum atomic E-state index is 12.0. The van der Waals surface area contributed by atoms with Crippen molar-refractivity contribution >= 4 is 11.8 Å². The molecule has 0 atom stereocenters. The number of benzene rings is 1. The largest absolute Gasteiger partial charge is 0.467 e. The Morgan fingerprint density at radius 1 is 1.04 bits per heavy atom. The third-order valence-corrected chi connectivity index (χ3v) is 3.25. The topological polar surface area (TPSA) is 97.4 Å². The molecule has 0 aliphatic rings. The molecule has 3 rings (SSSR count). The second kappa shape index (κ2) is 7.28. The van der Waals surface area contributed by atoms with Gasteiger partial charge in [0.2, 0.25) is 5.91 Å². The number of nitrogens with one attached hydrogen (secondary N) is 2. The molecule has 0 saturated carbocycles. The zero-order valence-electron chi connectivity index (χ0n) is 12.7. The van der Waals surface area contributed by atoms with Crippen LogP contribution in [0.5, 0.6) is 0 Å². The number of amides is 2. The molecule has 0 aliphatic heterocycles. The molecular formula is C17H15N3O4. The highest BCUT2D eigenvalue weighted by Gasteiger charge is 2.14. The number of carbonyl (C=O) groups is 2. The maximum absolute atomic E-state index is 12.0. The van der Waals surface area contributed by atoms with E-state index in [0.29, 0.717) is 11.5 Å². The Balaban J connectivity index is 1.50. The molecule has 0 spiro atoms. The number of aromatic nitrogens is 1. The van der Waals surface area contributed by atoms with Crippen molar-refractivity contribution in [3.05, 3.63) is 66.2 Å². The summed E-state index contributed by atoms with van der Waals surface area (Å²) in [5, 5.41) is 8.84. The van der Waals surface area contributed by atoms with E-state index in [1.165, 1.54) is 12.3 Å². The second-order valence-corrected chi connectivity index (χ2v) is 4.98. The molecule has 0 saturated heterocycles. The maximum Gasteiger partial charge on any atom is 0.273 e. The van der Waals surface area contributed by atoms with Crippen molar-refractivity contribution in [2.24, 2.45) is 0 Å². The molecule has 0 bridgehead atoms. The number of rotatable bonds is 6. The van der Waals surface area contributed by atoms with E-state index in [2.05, 4.69) is 15.8 Å². The fraction of sp³-hybridized carbons (Fsp3) is 0.118. The van der Waals surface area contributed by atoms with Crippen LogP contribution >= 0.6 is 0 Å². The Hall–Kier alpha value is -3.35. The smallest absolute Gasteiger partial charge is 0.273 e. The lowest BCUT2D eigenvalue weighted by Crippen LogP contribution is -2.36. The highest BCUT2D eigenvalue weighted by atomic mass is 16.5. The Morgan fingerprint density at radius 3 is 2.62 bits per heavy atom. The molecule has 2 N–H and O–H groups in total. The molecule has 0 fully saturated rings. The summed E-state index contributed by atoms with van der Waals surface area (Å²) >= 11 is 0. The molecular weight excluding hydrogens is 310 g/mol. The van der Waals surface area contributed by atoms with Gasteiger partial charge in [-0.3, -0.25) is 9.59 Å². The average molecular weight is 325 g/mol. The summed E-state index contributed by atoms with van der Waals surface area (Å²) in [7, 11) is 0. The van der Waals surface area contributed by atoms with Gasteiger partial charge in [-0.05, 0) is 12.1 Å². The van der Waals surface area contributed by atoms with Crippen LogP contribution in [0.1, 0.15) is 16.2 Å². The average Bonchev–Trinajstić information content (AvgIpc) is 3.30. The lowest BCUT2D eigenvalue weighted by Gasteiger charge is -2.04. The first-order valence-corrected chi connectivity index (χ1v) is 7.32. The van der Waals surface area contributed by atoms with Crippen LogP contribution < -0.4 is 10.6 Å². The minimum Gasteiger partial charge on any atom is -0.467 e. The van der Waals surface area contributed by atoms with E-state index in [-0.39, 0.29) is 24.7 Å². The molecule has 2 aromatic heterocycles. The van der Waals surface area contributed by atoms with E-state index in [1.807, 2.05) is 30.3 Å². The van der Waals surface area contributed by atoms with Gasteiger partial charge in [0.1, 0.15) is 5.76 Å². The predicted molar refractivity (Wildman–Crippen MR) is 84.8 cm³/mol. The van der Waals surface area contributed by atoms with Gasteiger partial charge in [0.25, 0.3) is 5.91 Å². The van der Waals surface area contributed by atoms with Gasteiger partial charge < -0.3 is 19.6 Å². The van der Waals surface area contributed by atoms with Gasteiger partial charge in [-0.1, -0.05) is 35.5 Å². The minimum atomic E-state index is -0.478. The highest BCUT2D eigenvalue weighted by Crippen LogP contribution is 2.19. The molecule has 2 amide bonds. The SMILES string of the molecule is O=C(CNC(=O)c1cc(-c2ccccc2)on1)NCc1ccco1. The van der Waals surface area contributed by atoms with Gasteiger partial charge >= 0.3 is 0 Å². The van der Waals surface area contributed by atoms with Crippen LogP contribution in [-0.4, -0.2) is 23.5 Å². The molecule has 7 nitrogen and oxygen atoms in total. The lowest BCUT2D eigenvalue weighted by molar-refractivity contribution is -0.120. The van der Waals surface area contributed by atoms with E-state index in [0.717, 1.165) is 5.56 Å². The monoisotopic (exact) mass is 325 g/mol. The van der Waals surface area contributed by atoms with E-state index in [1.54, 1.807) is 12.1 Å². The highest BCUT2D eigenvalue weighted by molar-refractivity contribution is 5.95. The van der Waals surface area contributed by atoms with E-state index >= 15 is 0 Å². The second-order valence-electron chi connectivity index (χ2n) is 4.98. The third kappa shape index (κ3) is 3.89. The van der Waals surface area contributed by atoms with Gasteiger partial charge in [-0.15, -0.1) is 0 Å². The number of carbonyl (C=O) groups excluding carboxylic acids is 2. The van der Waals surface area contributed by atoms with E-state index in [4.69, 9.17) is 8.94 Å². The van der Waals surface area contributed by atoms with Crippen LogP contribution in [-0.2, 0) is 11.3 Å². The summed E-state index contributed by atoms with van der Waals surface area (Å²) in [5.41, 5.74) is 0.938. The van der Waals surface area contributed by atoms with Crippen molar-refractivity contribution in [3.63, 3.8) is 0 Å². The predicted octanol–water partition coefficient (Wildman–Crippen LogP) is 1.98. The van der Waals surface area contributed by atoms with Crippen LogP contribution in [0.15, 0.2) is 63.7 Å². The van der Waals surface area contributed by atoms with Gasteiger partial charge in [-0.25, -0.2) is 0 Å². The van der Waals surface area contributed by atoms with Crippen molar-refractivity contribution in [3.8, 4) is 11.3 Å². The molecule has 7 heteroatoms. The third-order valence-electron chi connectivity index (χ3n) is 3.25. The van der Waals surface area contributed by atoms with E-state index in [9.17, 15) is 9.59 Å². The normalized spacial score (nSPS) is 10.3. The number of hydrogen-bond acceptors (Lipinski definition) is 5. The fourth-order valence-electron chi connectivity index (χ4n) is 2.03. The summed E-state index contributed by atoms with van der Waals surface area (Å²) in [6.45, 7) is 0.108. The van der Waals surface area contributed by atoms with Crippen LogP contribution in [0.2, 0.25) is 0 Å². The van der Waals surface area contributed by atoms with Crippen molar-refractivity contribution < 1.29 is 18.5 Å². The first-order valence-electron chi connectivity index (χ1n) is 7.32. The number of furan rings is 1. The van der Waals surface area contributed by atoms with Crippen molar-refractivity contribution in [2.45, 2.75) is 6.54 Å². The molecule has 2 heterocycles. The van der Waals surface area contributed by atoms with E-state index < -0.39 is 5.91 Å². The first kappa shape index (κ1) is 15.5. The zero-order valence-corrected chi connectivity index (χ0v) is 12.7. The molecule has 0 aliphatic carbocycles. The molecule has 0 radical (unpaired) electrons. The summed E-state index contributed by atoms with van der Waals surface area (Å²) in [6.07, 6.45) is 1.53. The van der Waals surface area contributed by atoms with Crippen molar-refractivity contribution in [1.82, 2.24) is 15.8 Å². The summed E-state index contributed by atoms with van der Waals surface area (Å²) in [4.78, 5) is 23.7. The van der Waals surface area contributed by atoms with Gasteiger partial charge in [0, 0.05) is 11.6 Å². The van der Waals surface area contributed by atoms with Crippen LogP contribution in [0, 0.1) is 0 Å². The minimum absolute atomic E-state index is 0.118. The zero-order chi connectivity index (χ0) is 16.8. The quantitative estimate of drug-likeness (QED) is 0.722. The lowest BCUT2D eigenvalue weighted by atomic mass is 10.1. The van der Waals surface area contributed by atoms with Gasteiger partial charge in [-0.2, -0.15) is 0 Å². The summed E-state index contributed by atoms with van der Waals surface area (Å²) < 4.78 is 10.3.